The molecule has 0 amide bonds. The minimum atomic E-state index is -1.97. The molecule has 0 spiro atoms. The zero-order valence-electron chi connectivity index (χ0n) is 22.3. The van der Waals surface area contributed by atoms with Crippen LogP contribution in [0, 0.1) is 6.92 Å². The van der Waals surface area contributed by atoms with E-state index in [1.807, 2.05) is 13.0 Å². The minimum Gasteiger partial charge on any atom is -0.496 e. The fourth-order valence-electron chi connectivity index (χ4n) is 4.42. The molecule has 36 heavy (non-hydrogen) atoms. The first kappa shape index (κ1) is 26.4. The summed E-state index contributed by atoms with van der Waals surface area (Å²) in [5, 5.41) is 0.450. The highest BCUT2D eigenvalue weighted by molar-refractivity contribution is 6.74. The second-order valence-electron chi connectivity index (χ2n) is 10.9. The lowest BCUT2D eigenvalue weighted by molar-refractivity contribution is 0.0941. The van der Waals surface area contributed by atoms with Gasteiger partial charge in [-0.15, -0.1) is 0 Å². The second kappa shape index (κ2) is 9.31. The number of methoxy groups -OCH3 is 1. The van der Waals surface area contributed by atoms with E-state index in [2.05, 4.69) is 53.7 Å². The van der Waals surface area contributed by atoms with E-state index in [1.165, 1.54) is 11.5 Å². The van der Waals surface area contributed by atoms with Crippen LogP contribution >= 0.6 is 11.6 Å². The first-order valence-corrected chi connectivity index (χ1v) is 15.3. The van der Waals surface area contributed by atoms with Crippen molar-refractivity contribution in [3.63, 3.8) is 0 Å². The topological polar surface area (TPSA) is 108 Å². The van der Waals surface area contributed by atoms with Crippen molar-refractivity contribution in [2.45, 2.75) is 65.2 Å². The molecule has 4 rings (SSSR count). The lowest BCUT2D eigenvalue weighted by Crippen LogP contribution is -2.42. The van der Waals surface area contributed by atoms with Crippen LogP contribution in [0.4, 0.5) is 11.8 Å². The van der Waals surface area contributed by atoms with Crippen LogP contribution in [0.1, 0.15) is 55.1 Å². The number of halogens is 1. The molecule has 1 aromatic carbocycles. The van der Waals surface area contributed by atoms with E-state index in [-0.39, 0.29) is 22.8 Å². The highest BCUT2D eigenvalue weighted by Crippen LogP contribution is 2.43. The molecule has 1 aliphatic heterocycles. The van der Waals surface area contributed by atoms with Gasteiger partial charge in [-0.25, -0.2) is 9.97 Å². The van der Waals surface area contributed by atoms with Gasteiger partial charge in [-0.2, -0.15) is 4.98 Å². The van der Waals surface area contributed by atoms with Gasteiger partial charge in [0.15, 0.2) is 8.32 Å². The number of nitrogen functional groups attached to an aromatic ring is 1. The molecule has 2 N–H and O–H groups in total. The molecule has 0 radical (unpaired) electrons. The number of carbonyl (C=O) groups excluding carboxylic acids is 1. The van der Waals surface area contributed by atoms with Crippen molar-refractivity contribution in [2.75, 3.05) is 30.9 Å². The molecule has 3 aromatic rings. The molecule has 194 valence electrons. The van der Waals surface area contributed by atoms with E-state index in [0.717, 1.165) is 22.2 Å². The van der Waals surface area contributed by atoms with Gasteiger partial charge in [-0.3, -0.25) is 9.36 Å². The summed E-state index contributed by atoms with van der Waals surface area (Å²) in [6.07, 6.45) is 1.56. The molecule has 3 heterocycles. The maximum absolute atomic E-state index is 12.2. The summed E-state index contributed by atoms with van der Waals surface area (Å²) in [6.45, 7) is 16.3. The van der Waals surface area contributed by atoms with E-state index >= 15 is 0 Å². The molecule has 1 aliphatic rings. The first-order valence-electron chi connectivity index (χ1n) is 12.0. The third-order valence-corrected chi connectivity index (χ3v) is 12.4. The molecule has 0 saturated carbocycles. The van der Waals surface area contributed by atoms with Crippen molar-refractivity contribution in [1.82, 2.24) is 19.5 Å². The molecule has 1 atom stereocenters. The third kappa shape index (κ3) is 4.57. The Morgan fingerprint density at radius 3 is 2.61 bits per heavy atom. The zero-order valence-corrected chi connectivity index (χ0v) is 24.0. The van der Waals surface area contributed by atoms with E-state index in [4.69, 9.17) is 26.5 Å². The van der Waals surface area contributed by atoms with Gasteiger partial charge in [-0.05, 0) is 30.6 Å². The molecule has 11 heteroatoms. The normalized spacial score (nSPS) is 16.0. The number of rotatable bonds is 6. The van der Waals surface area contributed by atoms with Crippen molar-refractivity contribution in [3.05, 3.63) is 34.2 Å². The van der Waals surface area contributed by atoms with Crippen LogP contribution in [0.15, 0.2) is 12.4 Å². The lowest BCUT2D eigenvalue weighted by Gasteiger charge is -2.37. The van der Waals surface area contributed by atoms with Crippen molar-refractivity contribution in [2.24, 2.45) is 0 Å². The monoisotopic (exact) mass is 530 g/mol. The van der Waals surface area contributed by atoms with Crippen LogP contribution in [-0.4, -0.2) is 54.0 Å². The molecule has 9 nitrogen and oxygen atoms in total. The molecule has 0 fully saturated rings. The molecular weight excluding hydrogens is 496 g/mol. The number of nitrogens with zero attached hydrogens (tertiary/aromatic N) is 5. The van der Waals surface area contributed by atoms with Crippen LogP contribution in [0.2, 0.25) is 23.3 Å². The predicted molar refractivity (Wildman–Crippen MR) is 146 cm³/mol. The lowest BCUT2D eigenvalue weighted by atomic mass is 10.0. The maximum atomic E-state index is 12.2. The fourth-order valence-corrected chi connectivity index (χ4v) is 5.79. The van der Waals surface area contributed by atoms with Gasteiger partial charge in [0, 0.05) is 49.7 Å². The number of carbonyl (C=O) groups is 1. The molecule has 2 aromatic heterocycles. The summed E-state index contributed by atoms with van der Waals surface area (Å²) in [4.78, 5) is 27.7. The quantitative estimate of drug-likeness (QED) is 0.343. The van der Waals surface area contributed by atoms with Crippen LogP contribution in [0.25, 0.3) is 11.0 Å². The largest absolute Gasteiger partial charge is 0.496 e. The van der Waals surface area contributed by atoms with Gasteiger partial charge in [0.2, 0.25) is 11.9 Å². The average molecular weight is 531 g/mol. The summed E-state index contributed by atoms with van der Waals surface area (Å²) < 4.78 is 13.8. The zero-order chi connectivity index (χ0) is 26.6. The van der Waals surface area contributed by atoms with Gasteiger partial charge in [0.25, 0.3) is 0 Å². The number of hydrogen-bond donors (Lipinski definition) is 1. The average Bonchev–Trinajstić information content (AvgIpc) is 3.34. The van der Waals surface area contributed by atoms with Gasteiger partial charge in [0.1, 0.15) is 23.0 Å². The third-order valence-electron chi connectivity index (χ3n) is 7.58. The summed E-state index contributed by atoms with van der Waals surface area (Å²) in [5.41, 5.74) is 10.2. The highest BCUT2D eigenvalue weighted by Gasteiger charge is 2.40. The molecule has 1 unspecified atom stereocenters. The van der Waals surface area contributed by atoms with Crippen LogP contribution in [-0.2, 0) is 11.0 Å². The van der Waals surface area contributed by atoms with Crippen molar-refractivity contribution in [3.8, 4) is 5.75 Å². The molecular formula is C25H35ClN6O3Si. The van der Waals surface area contributed by atoms with E-state index < -0.39 is 8.32 Å². The Kier molecular flexibility index (Phi) is 6.82. The Balaban J connectivity index is 1.75. The Morgan fingerprint density at radius 2 is 2.00 bits per heavy atom. The standard InChI is InChI=1S/C25H35ClN6O3Si/c1-14-17(21-18(9-19(14)34-6)32(13-28-21)15(2)33)11-31-10-16(12-35-36(7,8)25(3,4)5)20-22(26)29-24(27)30-23(20)31/h9,13,16H,10-12H2,1-8H3,(H2,27,29,30). The van der Waals surface area contributed by atoms with Crippen molar-refractivity contribution >= 4 is 48.6 Å². The SMILES string of the molecule is COc1cc2c(ncn2C(C)=O)c(CN2CC(CO[Si](C)(C)C(C)(C)C)c3c(Cl)nc(N)nc32)c1C. The maximum Gasteiger partial charge on any atom is 0.229 e. The van der Waals surface area contributed by atoms with Gasteiger partial charge < -0.3 is 19.8 Å². The van der Waals surface area contributed by atoms with Gasteiger partial charge in [-0.1, -0.05) is 32.4 Å². The number of imidazole rings is 1. The summed E-state index contributed by atoms with van der Waals surface area (Å²) in [7, 11) is -0.348. The minimum absolute atomic E-state index is 0.00148. The Bertz CT molecular complexity index is 1330. The number of hydrogen-bond acceptors (Lipinski definition) is 8. The number of fused-ring (bicyclic) bond motifs is 2. The smallest absolute Gasteiger partial charge is 0.229 e. The van der Waals surface area contributed by atoms with Gasteiger partial charge >= 0.3 is 0 Å². The van der Waals surface area contributed by atoms with E-state index in [1.54, 1.807) is 13.4 Å². The highest BCUT2D eigenvalue weighted by atomic mass is 35.5. The number of ether oxygens (including phenoxy) is 1. The number of nitrogens with two attached hydrogens (primary N) is 1. The molecule has 0 saturated heterocycles. The Hall–Kier alpha value is -2.69. The number of aromatic nitrogens is 4. The summed E-state index contributed by atoms with van der Waals surface area (Å²) in [5.74, 6) is 1.41. The number of anilines is 2. The summed E-state index contributed by atoms with van der Waals surface area (Å²) >= 11 is 6.61. The van der Waals surface area contributed by atoms with E-state index in [9.17, 15) is 4.79 Å². The van der Waals surface area contributed by atoms with Crippen molar-refractivity contribution in [1.29, 1.82) is 0 Å². The van der Waals surface area contributed by atoms with Gasteiger partial charge in [0.05, 0.1) is 18.1 Å². The Morgan fingerprint density at radius 1 is 1.31 bits per heavy atom. The predicted octanol–water partition coefficient (Wildman–Crippen LogP) is 5.16. The molecule has 0 aliphatic carbocycles. The van der Waals surface area contributed by atoms with Crippen LogP contribution in [0.3, 0.4) is 0 Å². The first-order chi connectivity index (χ1) is 16.7. The Labute approximate surface area is 218 Å². The number of benzene rings is 1. The van der Waals surface area contributed by atoms with Crippen molar-refractivity contribution < 1.29 is 14.0 Å². The van der Waals surface area contributed by atoms with Crippen LogP contribution < -0.4 is 15.4 Å². The summed E-state index contributed by atoms with van der Waals surface area (Å²) in [6, 6.07) is 1.85. The van der Waals surface area contributed by atoms with Crippen LogP contribution in [0.5, 0.6) is 5.75 Å². The second-order valence-corrected chi connectivity index (χ2v) is 16.1. The van der Waals surface area contributed by atoms with E-state index in [0.29, 0.717) is 41.9 Å². The molecule has 0 bridgehead atoms. The fraction of sp³-hybridized carbons (Fsp3) is 0.520.